The van der Waals surface area contributed by atoms with Gasteiger partial charge in [0.15, 0.2) is 0 Å². The Morgan fingerprint density at radius 2 is 1.35 bits per heavy atom. The van der Waals surface area contributed by atoms with Crippen LogP contribution in [0.5, 0.6) is 0 Å². The van der Waals surface area contributed by atoms with E-state index >= 15 is 0 Å². The highest BCUT2D eigenvalue weighted by molar-refractivity contribution is 7.85. The van der Waals surface area contributed by atoms with Crippen LogP contribution in [0.15, 0.2) is 59.5 Å². The molecule has 0 radical (unpaired) electrons. The van der Waals surface area contributed by atoms with Gasteiger partial charge in [-0.2, -0.15) is 8.42 Å². The smallest absolute Gasteiger partial charge is 0.450 e. The van der Waals surface area contributed by atoms with Crippen LogP contribution in [0.4, 0.5) is 4.79 Å². The Balaban J connectivity index is 0.000000871. The molecule has 0 atom stereocenters. The van der Waals surface area contributed by atoms with E-state index in [1.54, 1.807) is 30.4 Å². The Morgan fingerprint density at radius 1 is 0.870 bits per heavy atom. The van der Waals surface area contributed by atoms with E-state index in [-0.39, 0.29) is 17.3 Å². The van der Waals surface area contributed by atoms with E-state index in [1.165, 1.54) is 6.07 Å². The molecule has 0 unspecified atom stereocenters. The number of halogens is 1. The van der Waals surface area contributed by atoms with Crippen LogP contribution in [-0.2, 0) is 10.1 Å². The number of hydrogen-bond acceptors (Lipinski definition) is 3. The Bertz CT molecular complexity index is 753. The van der Waals surface area contributed by atoms with Gasteiger partial charge < -0.3 is 10.2 Å². The zero-order valence-electron chi connectivity index (χ0n) is 11.7. The molecule has 0 fully saturated rings. The molecular formula is C15H15ClO6S. The van der Waals surface area contributed by atoms with Crippen molar-refractivity contribution in [1.82, 2.24) is 0 Å². The summed E-state index contributed by atoms with van der Waals surface area (Å²) < 4.78 is 31.5. The molecule has 0 heterocycles. The lowest BCUT2D eigenvalue weighted by atomic mass is 10.1. The Labute approximate surface area is 139 Å². The zero-order chi connectivity index (χ0) is 16.6. The maximum absolute atomic E-state index is 11.2. The minimum absolute atomic E-state index is 0. The van der Waals surface area contributed by atoms with Crippen LogP contribution >= 0.6 is 12.4 Å². The summed E-state index contributed by atoms with van der Waals surface area (Å²) in [5, 5.41) is 13.9. The van der Waals surface area contributed by atoms with Gasteiger partial charge in [0.25, 0.3) is 10.1 Å². The largest absolute Gasteiger partial charge is 0.503 e. The first-order valence-corrected chi connectivity index (χ1v) is 7.46. The van der Waals surface area contributed by atoms with E-state index in [1.807, 2.05) is 30.3 Å². The van der Waals surface area contributed by atoms with Crippen molar-refractivity contribution in [2.45, 2.75) is 4.90 Å². The van der Waals surface area contributed by atoms with Gasteiger partial charge in [0.05, 0.1) is 0 Å². The second-order valence-corrected chi connectivity index (χ2v) is 5.43. The number of carboxylic acid groups (broad SMARTS) is 2. The fourth-order valence-electron chi connectivity index (χ4n) is 1.60. The minimum atomic E-state index is -4.19. The second-order valence-electron chi connectivity index (χ2n) is 4.04. The number of carbonyl (C=O) groups is 1. The van der Waals surface area contributed by atoms with Crippen LogP contribution in [0.1, 0.15) is 11.1 Å². The lowest BCUT2D eigenvalue weighted by molar-refractivity contribution is 0.137. The van der Waals surface area contributed by atoms with Gasteiger partial charge in [-0.15, -0.1) is 12.4 Å². The summed E-state index contributed by atoms with van der Waals surface area (Å²) in [6.07, 6.45) is 1.63. The summed E-state index contributed by atoms with van der Waals surface area (Å²) in [5.74, 6) is 0. The highest BCUT2D eigenvalue weighted by Gasteiger charge is 2.12. The first kappa shape index (κ1) is 20.7. The standard InChI is InChI=1S/C14H12O3S.CH2O3.ClH/c15-18(16,17)14-9-5-4-8-13(14)11-10-12-6-2-1-3-7-12;2-1(3)4;/h1-11H,(H,15,16,17);(H2,2,3,4);1H. The van der Waals surface area contributed by atoms with Crippen LogP contribution in [0.3, 0.4) is 0 Å². The Hall–Kier alpha value is -2.35. The van der Waals surface area contributed by atoms with Crippen LogP contribution in [0, 0.1) is 0 Å². The third-order valence-corrected chi connectivity index (χ3v) is 3.38. The molecule has 0 amide bonds. The summed E-state index contributed by atoms with van der Waals surface area (Å²) in [6.45, 7) is 0. The summed E-state index contributed by atoms with van der Waals surface area (Å²) >= 11 is 0. The first-order chi connectivity index (χ1) is 10.3. The molecule has 2 aromatic carbocycles. The highest BCUT2D eigenvalue weighted by Crippen LogP contribution is 2.17. The molecule has 0 bridgehead atoms. The normalized spacial score (nSPS) is 10.3. The van der Waals surface area contributed by atoms with Gasteiger partial charge in [-0.3, -0.25) is 4.55 Å². The van der Waals surface area contributed by atoms with Gasteiger partial charge in [-0.05, 0) is 17.2 Å². The highest BCUT2D eigenvalue weighted by atomic mass is 35.5. The topological polar surface area (TPSA) is 112 Å². The van der Waals surface area contributed by atoms with E-state index in [2.05, 4.69) is 0 Å². The monoisotopic (exact) mass is 358 g/mol. The van der Waals surface area contributed by atoms with Gasteiger partial charge >= 0.3 is 6.16 Å². The molecule has 6 nitrogen and oxygen atoms in total. The SMILES string of the molecule is Cl.O=C(O)O.O=S(=O)(O)c1ccccc1C=Cc1ccccc1. The molecule has 0 saturated carbocycles. The van der Waals surface area contributed by atoms with Gasteiger partial charge in [0.1, 0.15) is 4.90 Å². The molecular weight excluding hydrogens is 344 g/mol. The quantitative estimate of drug-likeness (QED) is 0.569. The van der Waals surface area contributed by atoms with Crippen LogP contribution in [0.25, 0.3) is 12.2 Å². The van der Waals surface area contributed by atoms with Crippen molar-refractivity contribution in [3.8, 4) is 0 Å². The Kier molecular flexibility index (Phi) is 8.64. The molecule has 8 heteroatoms. The van der Waals surface area contributed by atoms with E-state index in [9.17, 15) is 8.42 Å². The fraction of sp³-hybridized carbons (Fsp3) is 0. The van der Waals surface area contributed by atoms with Crippen molar-refractivity contribution in [2.24, 2.45) is 0 Å². The maximum atomic E-state index is 11.2. The van der Waals surface area contributed by atoms with Crippen LogP contribution < -0.4 is 0 Å². The lowest BCUT2D eigenvalue weighted by Gasteiger charge is -2.01. The van der Waals surface area contributed by atoms with Gasteiger partial charge in [0.2, 0.25) is 0 Å². The van der Waals surface area contributed by atoms with E-state index < -0.39 is 16.3 Å². The molecule has 3 N–H and O–H groups in total. The Morgan fingerprint density at radius 3 is 1.87 bits per heavy atom. The third-order valence-electron chi connectivity index (χ3n) is 2.45. The molecule has 0 aromatic heterocycles. The summed E-state index contributed by atoms with van der Waals surface area (Å²) in [6, 6.07) is 15.8. The van der Waals surface area contributed by atoms with Crippen molar-refractivity contribution in [1.29, 1.82) is 0 Å². The number of rotatable bonds is 3. The van der Waals surface area contributed by atoms with Gasteiger partial charge in [-0.1, -0.05) is 60.7 Å². The zero-order valence-corrected chi connectivity index (χ0v) is 13.4. The predicted molar refractivity (Wildman–Crippen MR) is 89.5 cm³/mol. The first-order valence-electron chi connectivity index (χ1n) is 6.02. The molecule has 0 aliphatic rings. The molecule has 124 valence electrons. The van der Waals surface area contributed by atoms with E-state index in [0.717, 1.165) is 5.56 Å². The van der Waals surface area contributed by atoms with E-state index in [4.69, 9.17) is 19.6 Å². The maximum Gasteiger partial charge on any atom is 0.503 e. The fourth-order valence-corrected chi connectivity index (χ4v) is 2.29. The van der Waals surface area contributed by atoms with Crippen molar-refractivity contribution in [3.63, 3.8) is 0 Å². The summed E-state index contributed by atoms with van der Waals surface area (Å²) in [4.78, 5) is 8.47. The van der Waals surface area contributed by atoms with E-state index in [0.29, 0.717) is 5.56 Å². The number of hydrogen-bond donors (Lipinski definition) is 3. The number of benzene rings is 2. The summed E-state index contributed by atoms with van der Waals surface area (Å²) in [5.41, 5.74) is 1.42. The molecule has 0 aliphatic carbocycles. The minimum Gasteiger partial charge on any atom is -0.450 e. The molecule has 0 spiro atoms. The second kappa shape index (κ2) is 9.62. The van der Waals surface area contributed by atoms with Crippen molar-refractivity contribution in [2.75, 3.05) is 0 Å². The van der Waals surface area contributed by atoms with Crippen LogP contribution in [0.2, 0.25) is 0 Å². The van der Waals surface area contributed by atoms with Crippen molar-refractivity contribution in [3.05, 3.63) is 65.7 Å². The van der Waals surface area contributed by atoms with Gasteiger partial charge in [-0.25, -0.2) is 4.79 Å². The average Bonchev–Trinajstić information content (AvgIpc) is 2.45. The molecule has 0 aliphatic heterocycles. The molecule has 2 rings (SSSR count). The average molecular weight is 359 g/mol. The summed E-state index contributed by atoms with van der Waals surface area (Å²) in [7, 11) is -4.19. The van der Waals surface area contributed by atoms with Crippen molar-refractivity contribution < 1.29 is 28.0 Å². The molecule has 23 heavy (non-hydrogen) atoms. The predicted octanol–water partition coefficient (Wildman–Crippen LogP) is 3.75. The van der Waals surface area contributed by atoms with Crippen molar-refractivity contribution >= 4 is 40.8 Å². The van der Waals surface area contributed by atoms with Gasteiger partial charge in [0, 0.05) is 0 Å². The third kappa shape index (κ3) is 8.01. The lowest BCUT2D eigenvalue weighted by Crippen LogP contribution is -2.00. The molecule has 2 aromatic rings. The van der Waals surface area contributed by atoms with Crippen LogP contribution in [-0.4, -0.2) is 29.3 Å². The molecule has 0 saturated heterocycles.